The fraction of sp³-hybridized carbons (Fsp3) is 0.269. The third-order valence-electron chi connectivity index (χ3n) is 5.25. The van der Waals surface area contributed by atoms with Crippen LogP contribution in [0.3, 0.4) is 0 Å². The topological polar surface area (TPSA) is 75.7 Å². The predicted molar refractivity (Wildman–Crippen MR) is 137 cm³/mol. The first kappa shape index (κ1) is 25.6. The molecule has 3 rings (SSSR count). The van der Waals surface area contributed by atoms with Gasteiger partial charge in [-0.3, -0.25) is 9.10 Å². The highest BCUT2D eigenvalue weighted by molar-refractivity contribution is 7.92. The standard InChI is InChI=1S/C26H29ClN2O4S/c1-20(8-9-21-6-4-3-5-7-21)28-26(30)19-33-25-16-14-24(15-17-25)29(34(2,31)32)18-22-10-12-23(27)13-11-22/h3-7,10-17,20H,8-9,18-19H2,1-2H3,(H,28,30)/t20-/m1/s1. The zero-order chi connectivity index (χ0) is 24.6. The third-order valence-corrected chi connectivity index (χ3v) is 6.64. The number of anilines is 1. The molecule has 8 heteroatoms. The summed E-state index contributed by atoms with van der Waals surface area (Å²) in [6.07, 6.45) is 2.88. The lowest BCUT2D eigenvalue weighted by molar-refractivity contribution is -0.123. The normalized spacial score (nSPS) is 12.1. The molecule has 6 nitrogen and oxygen atoms in total. The van der Waals surface area contributed by atoms with E-state index in [0.29, 0.717) is 16.5 Å². The van der Waals surface area contributed by atoms with E-state index in [4.69, 9.17) is 16.3 Å². The van der Waals surface area contributed by atoms with Crippen molar-refractivity contribution in [2.45, 2.75) is 32.4 Å². The lowest BCUT2D eigenvalue weighted by atomic mass is 10.1. The van der Waals surface area contributed by atoms with Crippen molar-refractivity contribution < 1.29 is 17.9 Å². The minimum Gasteiger partial charge on any atom is -0.484 e. The van der Waals surface area contributed by atoms with E-state index in [0.717, 1.165) is 24.7 Å². The maximum absolute atomic E-state index is 12.4. The van der Waals surface area contributed by atoms with Gasteiger partial charge in [-0.15, -0.1) is 0 Å². The van der Waals surface area contributed by atoms with Gasteiger partial charge in [0.15, 0.2) is 6.61 Å². The number of halogens is 1. The van der Waals surface area contributed by atoms with Crippen molar-refractivity contribution >= 4 is 33.2 Å². The van der Waals surface area contributed by atoms with Gasteiger partial charge in [-0.2, -0.15) is 0 Å². The van der Waals surface area contributed by atoms with Crippen LogP contribution in [-0.4, -0.2) is 33.2 Å². The van der Waals surface area contributed by atoms with E-state index >= 15 is 0 Å². The van der Waals surface area contributed by atoms with E-state index in [2.05, 4.69) is 17.4 Å². The van der Waals surface area contributed by atoms with Gasteiger partial charge in [0.25, 0.3) is 5.91 Å². The van der Waals surface area contributed by atoms with Crippen molar-refractivity contribution in [1.29, 1.82) is 0 Å². The van der Waals surface area contributed by atoms with E-state index in [1.54, 1.807) is 48.5 Å². The molecule has 34 heavy (non-hydrogen) atoms. The summed E-state index contributed by atoms with van der Waals surface area (Å²) in [7, 11) is -3.51. The van der Waals surface area contributed by atoms with E-state index in [-0.39, 0.29) is 25.1 Å². The van der Waals surface area contributed by atoms with Gasteiger partial charge in [-0.05, 0) is 67.3 Å². The number of benzene rings is 3. The first-order valence-corrected chi connectivity index (χ1v) is 13.2. The number of carbonyl (C=O) groups excluding carboxylic acids is 1. The van der Waals surface area contributed by atoms with Crippen LogP contribution in [-0.2, 0) is 27.8 Å². The number of hydrogen-bond acceptors (Lipinski definition) is 4. The molecule has 0 aromatic heterocycles. The molecule has 3 aromatic rings. The zero-order valence-electron chi connectivity index (χ0n) is 19.3. The van der Waals surface area contributed by atoms with Gasteiger partial charge in [0, 0.05) is 11.1 Å². The van der Waals surface area contributed by atoms with Crippen molar-refractivity contribution in [2.75, 3.05) is 17.2 Å². The Morgan fingerprint density at radius 3 is 2.24 bits per heavy atom. The molecule has 0 aliphatic rings. The Hall–Kier alpha value is -3.03. The second-order valence-corrected chi connectivity index (χ2v) is 10.5. The Kier molecular flexibility index (Phi) is 8.96. The van der Waals surface area contributed by atoms with Crippen LogP contribution in [0.1, 0.15) is 24.5 Å². The van der Waals surface area contributed by atoms with Crippen molar-refractivity contribution in [3.8, 4) is 5.75 Å². The maximum Gasteiger partial charge on any atom is 0.258 e. The highest BCUT2D eigenvalue weighted by Gasteiger charge is 2.18. The second kappa shape index (κ2) is 11.9. The summed E-state index contributed by atoms with van der Waals surface area (Å²) >= 11 is 5.92. The number of nitrogens with one attached hydrogen (secondary N) is 1. The van der Waals surface area contributed by atoms with Crippen molar-refractivity contribution in [3.05, 3.63) is 95.0 Å². The summed E-state index contributed by atoms with van der Waals surface area (Å²) in [5, 5.41) is 3.53. The Morgan fingerprint density at radius 1 is 0.971 bits per heavy atom. The summed E-state index contributed by atoms with van der Waals surface area (Å²) in [6.45, 7) is 2.03. The third kappa shape index (κ3) is 8.08. The first-order chi connectivity index (χ1) is 16.2. The number of nitrogens with zero attached hydrogens (tertiary/aromatic N) is 1. The lowest BCUT2D eigenvalue weighted by Gasteiger charge is -2.23. The molecule has 0 heterocycles. The Balaban J connectivity index is 1.52. The number of aryl methyl sites for hydroxylation is 1. The van der Waals surface area contributed by atoms with E-state index in [1.165, 1.54) is 9.87 Å². The Bertz CT molecular complexity index is 1170. The maximum atomic E-state index is 12.4. The zero-order valence-corrected chi connectivity index (χ0v) is 20.9. The van der Waals surface area contributed by atoms with Crippen LogP contribution in [0.2, 0.25) is 5.02 Å². The van der Waals surface area contributed by atoms with Crippen LogP contribution in [0, 0.1) is 0 Å². The molecular formula is C26H29ClN2O4S. The fourth-order valence-electron chi connectivity index (χ4n) is 3.43. The van der Waals surface area contributed by atoms with Crippen molar-refractivity contribution in [2.24, 2.45) is 0 Å². The summed E-state index contributed by atoms with van der Waals surface area (Å²) in [6, 6.07) is 23.8. The smallest absolute Gasteiger partial charge is 0.258 e. The van der Waals surface area contributed by atoms with Gasteiger partial charge in [-0.25, -0.2) is 8.42 Å². The SMILES string of the molecule is C[C@H](CCc1ccccc1)NC(=O)COc1ccc(N(Cc2ccc(Cl)cc2)S(C)(=O)=O)cc1. The summed E-state index contributed by atoms with van der Waals surface area (Å²) in [5.74, 6) is 0.279. The molecule has 0 bridgehead atoms. The van der Waals surface area contributed by atoms with Crippen LogP contribution in [0.25, 0.3) is 0 Å². The van der Waals surface area contributed by atoms with Crippen LogP contribution < -0.4 is 14.4 Å². The second-order valence-electron chi connectivity index (χ2n) is 8.17. The number of hydrogen-bond donors (Lipinski definition) is 1. The van der Waals surface area contributed by atoms with Gasteiger partial charge in [0.1, 0.15) is 5.75 Å². The Morgan fingerprint density at radius 2 is 1.62 bits per heavy atom. The largest absolute Gasteiger partial charge is 0.484 e. The quantitative estimate of drug-likeness (QED) is 0.409. The molecule has 0 unspecified atom stereocenters. The number of ether oxygens (including phenoxy) is 1. The molecule has 0 spiro atoms. The Labute approximate surface area is 206 Å². The molecule has 0 saturated heterocycles. The van der Waals surface area contributed by atoms with Crippen molar-refractivity contribution in [3.63, 3.8) is 0 Å². The molecule has 0 aliphatic heterocycles. The molecule has 3 aromatic carbocycles. The number of sulfonamides is 1. The molecule has 0 radical (unpaired) electrons. The van der Waals surface area contributed by atoms with Gasteiger partial charge in [0.2, 0.25) is 10.0 Å². The van der Waals surface area contributed by atoms with Gasteiger partial charge < -0.3 is 10.1 Å². The highest BCUT2D eigenvalue weighted by Crippen LogP contribution is 2.24. The van der Waals surface area contributed by atoms with Crippen LogP contribution in [0.15, 0.2) is 78.9 Å². The average molecular weight is 501 g/mol. The van der Waals surface area contributed by atoms with Gasteiger partial charge >= 0.3 is 0 Å². The van der Waals surface area contributed by atoms with E-state index < -0.39 is 10.0 Å². The highest BCUT2D eigenvalue weighted by atomic mass is 35.5. The van der Waals surface area contributed by atoms with Crippen LogP contribution >= 0.6 is 11.6 Å². The van der Waals surface area contributed by atoms with Crippen LogP contribution in [0.5, 0.6) is 5.75 Å². The van der Waals surface area contributed by atoms with Gasteiger partial charge in [0.05, 0.1) is 18.5 Å². The predicted octanol–water partition coefficient (Wildman–Crippen LogP) is 4.82. The van der Waals surface area contributed by atoms with E-state index in [9.17, 15) is 13.2 Å². The summed E-state index contributed by atoms with van der Waals surface area (Å²) in [4.78, 5) is 12.2. The number of rotatable bonds is 11. The number of carbonyl (C=O) groups is 1. The van der Waals surface area contributed by atoms with Crippen molar-refractivity contribution in [1.82, 2.24) is 5.32 Å². The summed E-state index contributed by atoms with van der Waals surface area (Å²) < 4.78 is 31.6. The minimum atomic E-state index is -3.51. The van der Waals surface area contributed by atoms with Gasteiger partial charge in [-0.1, -0.05) is 54.1 Å². The molecule has 1 N–H and O–H groups in total. The number of amides is 1. The average Bonchev–Trinajstić information content (AvgIpc) is 2.81. The summed E-state index contributed by atoms with van der Waals surface area (Å²) in [5.41, 5.74) is 2.55. The van der Waals surface area contributed by atoms with Crippen LogP contribution in [0.4, 0.5) is 5.69 Å². The monoisotopic (exact) mass is 500 g/mol. The molecule has 0 aliphatic carbocycles. The molecule has 1 atom stereocenters. The molecule has 180 valence electrons. The van der Waals surface area contributed by atoms with E-state index in [1.807, 2.05) is 25.1 Å². The minimum absolute atomic E-state index is 0.0230. The molecule has 0 saturated carbocycles. The molecular weight excluding hydrogens is 472 g/mol. The molecule has 1 amide bonds. The lowest BCUT2D eigenvalue weighted by Crippen LogP contribution is -2.36. The fourth-order valence-corrected chi connectivity index (χ4v) is 4.44. The molecule has 0 fully saturated rings. The first-order valence-electron chi connectivity index (χ1n) is 11.0.